The lowest BCUT2D eigenvalue weighted by Crippen LogP contribution is -2.50. The molecule has 168 valence electrons. The fourth-order valence-corrected chi connectivity index (χ4v) is 3.60. The van der Waals surface area contributed by atoms with E-state index < -0.39 is 11.7 Å². The molecule has 1 aromatic carbocycles. The quantitative estimate of drug-likeness (QED) is 0.699. The third-order valence-electron chi connectivity index (χ3n) is 5.39. The van der Waals surface area contributed by atoms with Crippen molar-refractivity contribution in [2.75, 3.05) is 37.7 Å². The summed E-state index contributed by atoms with van der Waals surface area (Å²) in [7, 11) is 0. The third kappa shape index (κ3) is 6.58. The molecule has 1 saturated heterocycles. The number of carbonyl (C=O) groups excluding carboxylic acids is 1. The Labute approximate surface area is 179 Å². The fraction of sp³-hybridized carbons (Fsp3) is 0.455. The molecule has 0 spiro atoms. The van der Waals surface area contributed by atoms with Crippen LogP contribution in [0.15, 0.2) is 48.7 Å². The second-order valence-corrected chi connectivity index (χ2v) is 7.56. The number of anilines is 1. The van der Waals surface area contributed by atoms with Crippen LogP contribution in [-0.2, 0) is 12.6 Å². The average Bonchev–Trinajstić information content (AvgIpc) is 2.77. The minimum Gasteiger partial charge on any atom is -0.395 e. The Kier molecular flexibility index (Phi) is 7.73. The predicted octanol–water partition coefficient (Wildman–Crippen LogP) is 3.32. The van der Waals surface area contributed by atoms with Gasteiger partial charge in [-0.3, -0.25) is 0 Å². The third-order valence-corrected chi connectivity index (χ3v) is 5.39. The van der Waals surface area contributed by atoms with Gasteiger partial charge in [0, 0.05) is 38.4 Å². The van der Waals surface area contributed by atoms with Crippen LogP contribution in [-0.4, -0.2) is 59.8 Å². The maximum absolute atomic E-state index is 12.7. The summed E-state index contributed by atoms with van der Waals surface area (Å²) in [6.45, 7) is 1.83. The van der Waals surface area contributed by atoms with E-state index in [1.165, 1.54) is 6.07 Å². The highest BCUT2D eigenvalue weighted by Gasteiger charge is 2.31. The lowest BCUT2D eigenvalue weighted by atomic mass is 10.1. The molecular weight excluding hydrogens is 409 g/mol. The van der Waals surface area contributed by atoms with Crippen LogP contribution < -0.4 is 10.2 Å². The molecule has 1 aromatic heterocycles. The molecule has 1 aliphatic rings. The summed E-state index contributed by atoms with van der Waals surface area (Å²) < 4.78 is 38.1. The Morgan fingerprint density at radius 2 is 1.84 bits per heavy atom. The van der Waals surface area contributed by atoms with E-state index >= 15 is 0 Å². The number of halogens is 3. The smallest absolute Gasteiger partial charge is 0.395 e. The molecule has 0 saturated carbocycles. The number of rotatable bonds is 7. The highest BCUT2D eigenvalue weighted by molar-refractivity contribution is 5.74. The van der Waals surface area contributed by atoms with Gasteiger partial charge >= 0.3 is 12.2 Å². The van der Waals surface area contributed by atoms with Crippen LogP contribution in [0.4, 0.5) is 23.8 Å². The zero-order chi connectivity index (χ0) is 22.3. The second-order valence-electron chi connectivity index (χ2n) is 7.56. The van der Waals surface area contributed by atoms with Gasteiger partial charge in [-0.15, -0.1) is 0 Å². The standard InChI is InChI=1S/C22H27F3N4O2/c23-22(24,25)18-6-7-20(26-16-18)28-12-9-19(10-13-28)27-21(31)29(14-15-30)11-8-17-4-2-1-3-5-17/h1-7,16,19,30H,8-15H2,(H,27,31). The van der Waals surface area contributed by atoms with Gasteiger partial charge in [0.25, 0.3) is 0 Å². The van der Waals surface area contributed by atoms with E-state index in [2.05, 4.69) is 10.3 Å². The summed E-state index contributed by atoms with van der Waals surface area (Å²) in [5, 5.41) is 12.3. The molecule has 0 unspecified atom stereocenters. The van der Waals surface area contributed by atoms with Crippen molar-refractivity contribution in [2.24, 2.45) is 0 Å². The Bertz CT molecular complexity index is 823. The van der Waals surface area contributed by atoms with Crippen LogP contribution in [0.3, 0.4) is 0 Å². The van der Waals surface area contributed by atoms with E-state index in [0.29, 0.717) is 44.7 Å². The van der Waals surface area contributed by atoms with Crippen molar-refractivity contribution in [3.63, 3.8) is 0 Å². The molecule has 2 aromatic rings. The lowest BCUT2D eigenvalue weighted by molar-refractivity contribution is -0.137. The Morgan fingerprint density at radius 1 is 1.13 bits per heavy atom. The minimum absolute atomic E-state index is 0.0314. The van der Waals surface area contributed by atoms with Gasteiger partial charge in [0.1, 0.15) is 5.82 Å². The first kappa shape index (κ1) is 22.9. The van der Waals surface area contributed by atoms with Crippen molar-refractivity contribution in [1.29, 1.82) is 0 Å². The minimum atomic E-state index is -4.40. The van der Waals surface area contributed by atoms with Crippen LogP contribution in [0.5, 0.6) is 0 Å². The van der Waals surface area contributed by atoms with Crippen LogP contribution in [0.2, 0.25) is 0 Å². The summed E-state index contributed by atoms with van der Waals surface area (Å²) in [5.74, 6) is 0.502. The maximum Gasteiger partial charge on any atom is 0.417 e. The molecule has 2 N–H and O–H groups in total. The number of pyridine rings is 1. The van der Waals surface area contributed by atoms with Gasteiger partial charge in [0.2, 0.25) is 0 Å². The monoisotopic (exact) mass is 436 g/mol. The fourth-order valence-electron chi connectivity index (χ4n) is 3.60. The van der Waals surface area contributed by atoms with Gasteiger partial charge in [0.05, 0.1) is 12.2 Å². The molecule has 0 atom stereocenters. The highest BCUT2D eigenvalue weighted by atomic mass is 19.4. The number of hydrogen-bond acceptors (Lipinski definition) is 4. The maximum atomic E-state index is 12.7. The second kappa shape index (κ2) is 10.5. The van der Waals surface area contributed by atoms with Gasteiger partial charge in [-0.1, -0.05) is 30.3 Å². The molecule has 9 heteroatoms. The van der Waals surface area contributed by atoms with Gasteiger partial charge in [-0.25, -0.2) is 9.78 Å². The number of benzene rings is 1. The largest absolute Gasteiger partial charge is 0.417 e. The Balaban J connectivity index is 1.48. The van der Waals surface area contributed by atoms with Crippen molar-refractivity contribution in [2.45, 2.75) is 31.5 Å². The van der Waals surface area contributed by atoms with Gasteiger partial charge in [-0.05, 0) is 37.0 Å². The van der Waals surface area contributed by atoms with Crippen molar-refractivity contribution >= 4 is 11.8 Å². The molecule has 31 heavy (non-hydrogen) atoms. The summed E-state index contributed by atoms with van der Waals surface area (Å²) in [6.07, 6.45) is -1.51. The number of alkyl halides is 3. The molecule has 2 heterocycles. The summed E-state index contributed by atoms with van der Waals surface area (Å²) in [6, 6.07) is 12.0. The molecule has 3 rings (SSSR count). The first-order valence-electron chi connectivity index (χ1n) is 10.3. The zero-order valence-electron chi connectivity index (χ0n) is 17.2. The van der Waals surface area contributed by atoms with Gasteiger partial charge in [-0.2, -0.15) is 13.2 Å². The summed E-state index contributed by atoms with van der Waals surface area (Å²) in [5.41, 5.74) is 0.355. The topological polar surface area (TPSA) is 68.7 Å². The van der Waals surface area contributed by atoms with E-state index in [0.717, 1.165) is 17.8 Å². The number of nitrogens with zero attached hydrogens (tertiary/aromatic N) is 3. The Morgan fingerprint density at radius 3 is 2.42 bits per heavy atom. The van der Waals surface area contributed by atoms with Crippen LogP contribution >= 0.6 is 0 Å². The van der Waals surface area contributed by atoms with Crippen LogP contribution in [0, 0.1) is 0 Å². The number of urea groups is 1. The molecule has 6 nitrogen and oxygen atoms in total. The normalized spacial score (nSPS) is 15.0. The van der Waals surface area contributed by atoms with E-state index in [9.17, 15) is 23.1 Å². The molecule has 0 radical (unpaired) electrons. The van der Waals surface area contributed by atoms with Crippen molar-refractivity contribution in [3.8, 4) is 0 Å². The van der Waals surface area contributed by atoms with Crippen molar-refractivity contribution < 1.29 is 23.1 Å². The van der Waals surface area contributed by atoms with E-state index in [4.69, 9.17) is 0 Å². The Hall–Kier alpha value is -2.81. The molecule has 1 aliphatic heterocycles. The number of aliphatic hydroxyl groups is 1. The average molecular weight is 436 g/mol. The van der Waals surface area contributed by atoms with E-state index in [1.54, 1.807) is 4.90 Å². The van der Waals surface area contributed by atoms with Crippen LogP contribution in [0.1, 0.15) is 24.0 Å². The van der Waals surface area contributed by atoms with Crippen LogP contribution in [0.25, 0.3) is 0 Å². The van der Waals surface area contributed by atoms with Crippen molar-refractivity contribution in [3.05, 3.63) is 59.8 Å². The summed E-state index contributed by atoms with van der Waals surface area (Å²) in [4.78, 5) is 20.1. The first-order valence-corrected chi connectivity index (χ1v) is 10.3. The van der Waals surface area contributed by atoms with Gasteiger partial charge in [0.15, 0.2) is 0 Å². The SMILES string of the molecule is O=C(NC1CCN(c2ccc(C(F)(F)F)cn2)CC1)N(CCO)CCc1ccccc1. The number of hydrogen-bond donors (Lipinski definition) is 2. The number of aromatic nitrogens is 1. The predicted molar refractivity (Wildman–Crippen MR) is 112 cm³/mol. The van der Waals surface area contributed by atoms with E-state index in [-0.39, 0.29) is 25.2 Å². The molecule has 1 fully saturated rings. The van der Waals surface area contributed by atoms with E-state index in [1.807, 2.05) is 35.2 Å². The number of aliphatic hydroxyl groups excluding tert-OH is 1. The van der Waals surface area contributed by atoms with Crippen molar-refractivity contribution in [1.82, 2.24) is 15.2 Å². The zero-order valence-corrected chi connectivity index (χ0v) is 17.2. The first-order chi connectivity index (χ1) is 14.9. The molecule has 0 aliphatic carbocycles. The number of piperidine rings is 1. The summed E-state index contributed by atoms with van der Waals surface area (Å²) >= 11 is 0. The lowest BCUT2D eigenvalue weighted by Gasteiger charge is -2.34. The highest BCUT2D eigenvalue weighted by Crippen LogP contribution is 2.29. The molecule has 2 amide bonds. The number of nitrogens with one attached hydrogen (secondary N) is 1. The molecular formula is C22H27F3N4O2. The number of amides is 2. The van der Waals surface area contributed by atoms with Gasteiger partial charge < -0.3 is 20.2 Å². The molecule has 0 bridgehead atoms. The number of carbonyl (C=O) groups is 1.